The van der Waals surface area contributed by atoms with Crippen LogP contribution in [-0.2, 0) is 4.79 Å². The molecule has 0 aromatic heterocycles. The van der Waals surface area contributed by atoms with E-state index in [1.807, 2.05) is 30.3 Å². The van der Waals surface area contributed by atoms with Gasteiger partial charge in [-0.25, -0.2) is 4.79 Å². The van der Waals surface area contributed by atoms with Crippen LogP contribution in [0.1, 0.15) is 37.3 Å². The van der Waals surface area contributed by atoms with Gasteiger partial charge in [-0.2, -0.15) is 0 Å². The lowest BCUT2D eigenvalue weighted by atomic mass is 9.85. The predicted molar refractivity (Wildman–Crippen MR) is 75.3 cm³/mol. The number of carbonyl (C=O) groups excluding carboxylic acids is 1. The summed E-state index contributed by atoms with van der Waals surface area (Å²) < 4.78 is 0. The van der Waals surface area contributed by atoms with E-state index in [1.54, 1.807) is 0 Å². The van der Waals surface area contributed by atoms with Gasteiger partial charge in [0, 0.05) is 6.54 Å². The zero-order chi connectivity index (χ0) is 14.4. The van der Waals surface area contributed by atoms with Crippen LogP contribution in [0.4, 0.5) is 4.79 Å². The smallest absolute Gasteiger partial charge is 0.315 e. The summed E-state index contributed by atoms with van der Waals surface area (Å²) in [7, 11) is 0. The number of carbonyl (C=O) groups is 2. The minimum Gasteiger partial charge on any atom is -0.481 e. The molecular formula is C15H20N2O3. The zero-order valence-electron chi connectivity index (χ0n) is 11.3. The van der Waals surface area contributed by atoms with Gasteiger partial charge in [0.25, 0.3) is 0 Å². The fourth-order valence-corrected chi connectivity index (χ4v) is 2.26. The molecule has 1 atom stereocenters. The lowest BCUT2D eigenvalue weighted by Crippen LogP contribution is -2.41. The van der Waals surface area contributed by atoms with Crippen molar-refractivity contribution in [2.45, 2.75) is 31.7 Å². The molecule has 0 bridgehead atoms. The first-order chi connectivity index (χ1) is 9.65. The average molecular weight is 276 g/mol. The molecular weight excluding hydrogens is 256 g/mol. The molecule has 1 aromatic carbocycles. The molecule has 0 heterocycles. The molecule has 5 nitrogen and oxygen atoms in total. The van der Waals surface area contributed by atoms with Crippen LogP contribution in [0.3, 0.4) is 0 Å². The quantitative estimate of drug-likeness (QED) is 0.746. The Labute approximate surface area is 118 Å². The zero-order valence-corrected chi connectivity index (χ0v) is 11.3. The number of benzene rings is 1. The predicted octanol–water partition coefficient (Wildman–Crippen LogP) is 2.30. The Balaban J connectivity index is 1.89. The Bertz CT molecular complexity index is 457. The lowest BCUT2D eigenvalue weighted by Gasteiger charge is -2.26. The molecule has 1 fully saturated rings. The Morgan fingerprint density at radius 2 is 1.95 bits per heavy atom. The van der Waals surface area contributed by atoms with Crippen molar-refractivity contribution in [3.8, 4) is 0 Å². The second-order valence-corrected chi connectivity index (χ2v) is 5.21. The van der Waals surface area contributed by atoms with E-state index in [0.717, 1.165) is 18.4 Å². The summed E-state index contributed by atoms with van der Waals surface area (Å²) in [6, 6.07) is 8.36. The molecule has 108 valence electrons. The van der Waals surface area contributed by atoms with Crippen molar-refractivity contribution in [3.05, 3.63) is 35.9 Å². The first-order valence-electron chi connectivity index (χ1n) is 6.96. The van der Waals surface area contributed by atoms with Gasteiger partial charge < -0.3 is 15.7 Å². The van der Waals surface area contributed by atoms with E-state index in [1.165, 1.54) is 6.42 Å². The molecule has 1 aliphatic rings. The van der Waals surface area contributed by atoms with Crippen LogP contribution in [0, 0.1) is 5.92 Å². The highest BCUT2D eigenvalue weighted by atomic mass is 16.4. The van der Waals surface area contributed by atoms with Gasteiger partial charge in [-0.3, -0.25) is 4.79 Å². The summed E-state index contributed by atoms with van der Waals surface area (Å²) in [6.45, 7) is 0.667. The fourth-order valence-electron chi connectivity index (χ4n) is 2.26. The number of carboxylic acids is 1. The SMILES string of the molecule is O=C(O)CC(NC(=O)NCC1CCC1)c1ccccc1. The summed E-state index contributed by atoms with van der Waals surface area (Å²) in [5.74, 6) is -0.353. The van der Waals surface area contributed by atoms with Crippen LogP contribution < -0.4 is 10.6 Å². The van der Waals surface area contributed by atoms with Crippen molar-refractivity contribution in [2.24, 2.45) is 5.92 Å². The van der Waals surface area contributed by atoms with Gasteiger partial charge in [0.1, 0.15) is 0 Å². The lowest BCUT2D eigenvalue weighted by molar-refractivity contribution is -0.137. The molecule has 5 heteroatoms. The highest BCUT2D eigenvalue weighted by molar-refractivity contribution is 5.76. The van der Waals surface area contributed by atoms with E-state index in [2.05, 4.69) is 10.6 Å². The highest BCUT2D eigenvalue weighted by Crippen LogP contribution is 2.25. The molecule has 1 aromatic rings. The molecule has 0 aliphatic heterocycles. The summed E-state index contributed by atoms with van der Waals surface area (Å²) in [6.07, 6.45) is 3.44. The number of rotatable bonds is 6. The van der Waals surface area contributed by atoms with Crippen LogP contribution in [0.25, 0.3) is 0 Å². The molecule has 2 amide bonds. The fraction of sp³-hybridized carbons (Fsp3) is 0.467. The Kier molecular flexibility index (Phi) is 4.98. The summed E-state index contributed by atoms with van der Waals surface area (Å²) in [5.41, 5.74) is 0.800. The van der Waals surface area contributed by atoms with E-state index in [-0.39, 0.29) is 12.5 Å². The number of hydrogen-bond acceptors (Lipinski definition) is 2. The van der Waals surface area contributed by atoms with Crippen LogP contribution >= 0.6 is 0 Å². The third-order valence-electron chi connectivity index (χ3n) is 3.66. The van der Waals surface area contributed by atoms with E-state index < -0.39 is 12.0 Å². The number of carboxylic acid groups (broad SMARTS) is 1. The molecule has 3 N–H and O–H groups in total. The maximum absolute atomic E-state index is 11.8. The van der Waals surface area contributed by atoms with Crippen LogP contribution in [-0.4, -0.2) is 23.7 Å². The average Bonchev–Trinajstić information content (AvgIpc) is 2.36. The van der Waals surface area contributed by atoms with Crippen molar-refractivity contribution < 1.29 is 14.7 Å². The van der Waals surface area contributed by atoms with Crippen molar-refractivity contribution >= 4 is 12.0 Å². The Morgan fingerprint density at radius 1 is 1.25 bits per heavy atom. The van der Waals surface area contributed by atoms with Crippen molar-refractivity contribution in [2.75, 3.05) is 6.54 Å². The van der Waals surface area contributed by atoms with Gasteiger partial charge in [0.2, 0.25) is 0 Å². The van der Waals surface area contributed by atoms with Crippen molar-refractivity contribution in [1.82, 2.24) is 10.6 Å². The van der Waals surface area contributed by atoms with E-state index in [4.69, 9.17) is 5.11 Å². The molecule has 1 aliphatic carbocycles. The van der Waals surface area contributed by atoms with E-state index in [9.17, 15) is 9.59 Å². The Hall–Kier alpha value is -2.04. The molecule has 1 unspecified atom stereocenters. The summed E-state index contributed by atoms with van der Waals surface area (Å²) >= 11 is 0. The van der Waals surface area contributed by atoms with Crippen molar-refractivity contribution in [1.29, 1.82) is 0 Å². The summed E-state index contributed by atoms with van der Waals surface area (Å²) in [5, 5.41) is 14.5. The number of nitrogens with one attached hydrogen (secondary N) is 2. The first-order valence-corrected chi connectivity index (χ1v) is 6.96. The summed E-state index contributed by atoms with van der Waals surface area (Å²) in [4.78, 5) is 22.8. The minimum atomic E-state index is -0.932. The minimum absolute atomic E-state index is 0.124. The number of hydrogen-bond donors (Lipinski definition) is 3. The molecule has 0 saturated heterocycles. The third kappa shape index (κ3) is 4.26. The molecule has 20 heavy (non-hydrogen) atoms. The number of amides is 2. The molecule has 1 saturated carbocycles. The molecule has 0 spiro atoms. The van der Waals surface area contributed by atoms with Gasteiger partial charge in [-0.05, 0) is 24.3 Å². The number of aliphatic carboxylic acids is 1. The maximum atomic E-state index is 11.8. The van der Waals surface area contributed by atoms with Crippen LogP contribution in [0.2, 0.25) is 0 Å². The van der Waals surface area contributed by atoms with Gasteiger partial charge in [0.05, 0.1) is 12.5 Å². The monoisotopic (exact) mass is 276 g/mol. The standard InChI is InChI=1S/C15H20N2O3/c18-14(19)9-13(12-7-2-1-3-8-12)17-15(20)16-10-11-5-4-6-11/h1-3,7-8,11,13H,4-6,9-10H2,(H,18,19)(H2,16,17,20). The van der Waals surface area contributed by atoms with E-state index >= 15 is 0 Å². The highest BCUT2D eigenvalue weighted by Gasteiger charge is 2.20. The van der Waals surface area contributed by atoms with Gasteiger partial charge in [0.15, 0.2) is 0 Å². The maximum Gasteiger partial charge on any atom is 0.315 e. The third-order valence-corrected chi connectivity index (χ3v) is 3.66. The van der Waals surface area contributed by atoms with Gasteiger partial charge in [-0.15, -0.1) is 0 Å². The Morgan fingerprint density at radius 3 is 2.50 bits per heavy atom. The first kappa shape index (κ1) is 14.4. The van der Waals surface area contributed by atoms with E-state index in [0.29, 0.717) is 12.5 Å². The van der Waals surface area contributed by atoms with Gasteiger partial charge >= 0.3 is 12.0 Å². The molecule has 0 radical (unpaired) electrons. The van der Waals surface area contributed by atoms with Crippen molar-refractivity contribution in [3.63, 3.8) is 0 Å². The second-order valence-electron chi connectivity index (χ2n) is 5.21. The molecule has 2 rings (SSSR count). The number of urea groups is 1. The van der Waals surface area contributed by atoms with Crippen LogP contribution in [0.5, 0.6) is 0 Å². The van der Waals surface area contributed by atoms with Crippen LogP contribution in [0.15, 0.2) is 30.3 Å². The topological polar surface area (TPSA) is 78.4 Å². The van der Waals surface area contributed by atoms with Gasteiger partial charge in [-0.1, -0.05) is 36.8 Å². The normalized spacial score (nSPS) is 16.0. The largest absolute Gasteiger partial charge is 0.481 e. The second kappa shape index (κ2) is 6.93.